The van der Waals surface area contributed by atoms with Crippen LogP contribution in [0.5, 0.6) is 0 Å². The fourth-order valence-electron chi connectivity index (χ4n) is 2.44. The highest BCUT2D eigenvalue weighted by atomic mass is 32.1. The lowest BCUT2D eigenvalue weighted by molar-refractivity contribution is 0.211. The Morgan fingerprint density at radius 3 is 2.39 bits per heavy atom. The van der Waals surface area contributed by atoms with Gasteiger partial charge in [-0.3, -0.25) is 0 Å². The maximum absolute atomic E-state index is 4.89. The predicted octanol–water partition coefficient (Wildman–Crippen LogP) is 4.07. The van der Waals surface area contributed by atoms with E-state index in [1.165, 1.54) is 36.4 Å². The summed E-state index contributed by atoms with van der Waals surface area (Å²) in [5.74, 6) is 0.893. The Hall–Kier alpha value is -0.410. The summed E-state index contributed by atoms with van der Waals surface area (Å²) in [5.41, 5.74) is 1.43. The first-order chi connectivity index (χ1) is 8.35. The highest BCUT2D eigenvalue weighted by molar-refractivity contribution is 7.09. The van der Waals surface area contributed by atoms with Gasteiger partial charge < -0.3 is 5.32 Å². The molecule has 1 fully saturated rings. The third-order valence-corrected chi connectivity index (χ3v) is 5.32. The molecule has 0 spiro atoms. The van der Waals surface area contributed by atoms with Crippen molar-refractivity contribution in [3.63, 3.8) is 0 Å². The fraction of sp³-hybridized carbons (Fsp3) is 0.800. The van der Waals surface area contributed by atoms with E-state index < -0.39 is 0 Å². The lowest BCUT2D eigenvalue weighted by atomic mass is 9.76. The molecular formula is C15H26N2S. The van der Waals surface area contributed by atoms with Crippen molar-refractivity contribution < 1.29 is 0 Å². The van der Waals surface area contributed by atoms with Crippen LogP contribution in [-0.2, 0) is 11.0 Å². The molecule has 1 aliphatic carbocycles. The average molecular weight is 266 g/mol. The van der Waals surface area contributed by atoms with Gasteiger partial charge in [-0.15, -0.1) is 11.3 Å². The van der Waals surface area contributed by atoms with E-state index in [1.54, 1.807) is 0 Å². The highest BCUT2D eigenvalue weighted by Crippen LogP contribution is 2.39. The SMILES string of the molecule is CNC(C)(CC1CCC1)c1nc(C(C)(C)C)cs1. The van der Waals surface area contributed by atoms with Gasteiger partial charge in [-0.2, -0.15) is 0 Å². The lowest BCUT2D eigenvalue weighted by Gasteiger charge is -2.35. The zero-order valence-electron chi connectivity index (χ0n) is 12.3. The summed E-state index contributed by atoms with van der Waals surface area (Å²) in [6, 6.07) is 0. The maximum atomic E-state index is 4.89. The van der Waals surface area contributed by atoms with Crippen LogP contribution in [0.4, 0.5) is 0 Å². The number of hydrogen-bond donors (Lipinski definition) is 1. The van der Waals surface area contributed by atoms with E-state index in [0.29, 0.717) is 0 Å². The van der Waals surface area contributed by atoms with Crippen molar-refractivity contribution >= 4 is 11.3 Å². The van der Waals surface area contributed by atoms with E-state index in [-0.39, 0.29) is 11.0 Å². The van der Waals surface area contributed by atoms with Gasteiger partial charge in [0, 0.05) is 10.8 Å². The molecule has 0 amide bonds. The Balaban J connectivity index is 2.18. The standard InChI is InChI=1S/C15H26N2S/c1-14(2,3)12-10-18-13(17-12)15(4,16-5)9-11-7-6-8-11/h10-11,16H,6-9H2,1-5H3. The summed E-state index contributed by atoms with van der Waals surface area (Å²) < 4.78 is 0. The molecule has 1 unspecified atom stereocenters. The quantitative estimate of drug-likeness (QED) is 0.888. The first kappa shape index (κ1) is 14.0. The summed E-state index contributed by atoms with van der Waals surface area (Å²) in [5, 5.41) is 6.99. The highest BCUT2D eigenvalue weighted by Gasteiger charge is 2.34. The fourth-order valence-corrected chi connectivity index (χ4v) is 3.67. The molecule has 1 aliphatic rings. The van der Waals surface area contributed by atoms with Crippen molar-refractivity contribution in [3.05, 3.63) is 16.1 Å². The lowest BCUT2D eigenvalue weighted by Crippen LogP contribution is -2.40. The van der Waals surface area contributed by atoms with Crippen LogP contribution in [0.15, 0.2) is 5.38 Å². The smallest absolute Gasteiger partial charge is 0.113 e. The first-order valence-electron chi connectivity index (χ1n) is 7.00. The van der Waals surface area contributed by atoms with Crippen LogP contribution in [0.25, 0.3) is 0 Å². The average Bonchev–Trinajstić information content (AvgIpc) is 2.72. The first-order valence-corrected chi connectivity index (χ1v) is 7.88. The largest absolute Gasteiger partial charge is 0.309 e. The zero-order valence-corrected chi connectivity index (χ0v) is 13.2. The third-order valence-electron chi connectivity index (χ3n) is 4.22. The Bertz CT molecular complexity index is 401. The van der Waals surface area contributed by atoms with Crippen LogP contribution in [0.2, 0.25) is 0 Å². The van der Waals surface area contributed by atoms with Crippen LogP contribution in [0.3, 0.4) is 0 Å². The topological polar surface area (TPSA) is 24.9 Å². The van der Waals surface area contributed by atoms with Crippen LogP contribution in [0.1, 0.15) is 64.1 Å². The van der Waals surface area contributed by atoms with Gasteiger partial charge in [0.15, 0.2) is 0 Å². The molecule has 102 valence electrons. The number of hydrogen-bond acceptors (Lipinski definition) is 3. The van der Waals surface area contributed by atoms with Gasteiger partial charge in [-0.25, -0.2) is 4.98 Å². The van der Waals surface area contributed by atoms with E-state index in [1.807, 2.05) is 11.3 Å². The van der Waals surface area contributed by atoms with Crippen LogP contribution >= 0.6 is 11.3 Å². The Labute approximate surface area is 115 Å². The molecule has 0 saturated heterocycles. The molecule has 1 heterocycles. The normalized spacial score (nSPS) is 20.5. The molecule has 2 nitrogen and oxygen atoms in total. The Morgan fingerprint density at radius 1 is 1.33 bits per heavy atom. The predicted molar refractivity (Wildman–Crippen MR) is 79.2 cm³/mol. The minimum absolute atomic E-state index is 0.0548. The third kappa shape index (κ3) is 2.77. The van der Waals surface area contributed by atoms with Crippen molar-refractivity contribution in [2.24, 2.45) is 5.92 Å². The van der Waals surface area contributed by atoms with Gasteiger partial charge in [0.2, 0.25) is 0 Å². The van der Waals surface area contributed by atoms with Crippen LogP contribution < -0.4 is 5.32 Å². The summed E-state index contributed by atoms with van der Waals surface area (Å²) in [6.45, 7) is 8.99. The van der Waals surface area contributed by atoms with Gasteiger partial charge in [-0.1, -0.05) is 40.0 Å². The van der Waals surface area contributed by atoms with E-state index in [2.05, 4.69) is 45.4 Å². The second-order valence-electron chi connectivity index (χ2n) is 6.87. The van der Waals surface area contributed by atoms with Crippen molar-refractivity contribution in [2.45, 2.75) is 64.3 Å². The van der Waals surface area contributed by atoms with Crippen molar-refractivity contribution in [1.82, 2.24) is 10.3 Å². The molecule has 0 radical (unpaired) electrons. The number of aromatic nitrogens is 1. The van der Waals surface area contributed by atoms with Gasteiger partial charge >= 0.3 is 0 Å². The summed E-state index contributed by atoms with van der Waals surface area (Å²) in [4.78, 5) is 4.89. The number of nitrogens with zero attached hydrogens (tertiary/aromatic N) is 1. The maximum Gasteiger partial charge on any atom is 0.113 e. The van der Waals surface area contributed by atoms with E-state index >= 15 is 0 Å². The molecular weight excluding hydrogens is 240 g/mol. The van der Waals surface area contributed by atoms with E-state index in [9.17, 15) is 0 Å². The van der Waals surface area contributed by atoms with Crippen LogP contribution in [0, 0.1) is 5.92 Å². The molecule has 2 rings (SSSR count). The monoisotopic (exact) mass is 266 g/mol. The molecule has 18 heavy (non-hydrogen) atoms. The van der Waals surface area contributed by atoms with Crippen LogP contribution in [-0.4, -0.2) is 12.0 Å². The second kappa shape index (κ2) is 4.93. The number of nitrogens with one attached hydrogen (secondary N) is 1. The summed E-state index contributed by atoms with van der Waals surface area (Å²) >= 11 is 1.81. The Morgan fingerprint density at radius 2 is 2.00 bits per heavy atom. The van der Waals surface area contributed by atoms with Gasteiger partial charge in [0.25, 0.3) is 0 Å². The van der Waals surface area contributed by atoms with Crippen molar-refractivity contribution in [1.29, 1.82) is 0 Å². The number of thiazole rings is 1. The molecule has 1 aromatic heterocycles. The molecule has 0 aliphatic heterocycles. The van der Waals surface area contributed by atoms with Crippen molar-refractivity contribution in [2.75, 3.05) is 7.05 Å². The zero-order chi connectivity index (χ0) is 13.4. The minimum atomic E-state index is 0.0548. The number of rotatable bonds is 4. The van der Waals surface area contributed by atoms with Gasteiger partial charge in [0.05, 0.1) is 11.2 Å². The molecule has 1 aromatic rings. The molecule has 3 heteroatoms. The summed E-state index contributed by atoms with van der Waals surface area (Å²) in [6.07, 6.45) is 5.43. The van der Waals surface area contributed by atoms with Gasteiger partial charge in [-0.05, 0) is 26.3 Å². The van der Waals surface area contributed by atoms with Crippen molar-refractivity contribution in [3.8, 4) is 0 Å². The van der Waals surface area contributed by atoms with E-state index in [0.717, 1.165) is 5.92 Å². The minimum Gasteiger partial charge on any atom is -0.309 e. The molecule has 0 aromatic carbocycles. The summed E-state index contributed by atoms with van der Waals surface area (Å²) in [7, 11) is 2.07. The Kier molecular flexibility index (Phi) is 3.84. The molecule has 1 saturated carbocycles. The van der Waals surface area contributed by atoms with E-state index in [4.69, 9.17) is 4.98 Å². The molecule has 1 N–H and O–H groups in total. The second-order valence-corrected chi connectivity index (χ2v) is 7.73. The molecule has 0 bridgehead atoms. The van der Waals surface area contributed by atoms with Gasteiger partial charge in [0.1, 0.15) is 5.01 Å². The molecule has 1 atom stereocenters.